The largest absolute Gasteiger partial charge is 0.345 e. The molecule has 0 spiro atoms. The molecular weight excluding hydrogens is 302 g/mol. The Bertz CT molecular complexity index is 623. The number of hydrogen-bond donors (Lipinski definition) is 1. The maximum Gasteiger partial charge on any atom is 0.238 e. The third kappa shape index (κ3) is 2.61. The van der Waals surface area contributed by atoms with Gasteiger partial charge in [0.1, 0.15) is 5.41 Å². The normalized spacial score (nSPS) is 26.7. The van der Waals surface area contributed by atoms with Crippen LogP contribution >= 0.6 is 0 Å². The molecule has 3 rings (SSSR count). The standard InChI is InChI=1S/C19H27N3O2/c1-18(8-11-21(2)16(18)23)17(24)22-12-9-19(14-20,10-13-22)15-6-4-3-5-7-15/h3-7H,8-14,20H2,1-2H3. The molecule has 0 aromatic heterocycles. The number of amides is 2. The van der Waals surface area contributed by atoms with Gasteiger partial charge < -0.3 is 15.5 Å². The molecule has 1 atom stereocenters. The predicted octanol–water partition coefficient (Wildman–Crippen LogP) is 1.37. The second-order valence-electron chi connectivity index (χ2n) is 7.45. The fourth-order valence-corrected chi connectivity index (χ4v) is 4.11. The second-order valence-corrected chi connectivity index (χ2v) is 7.45. The van der Waals surface area contributed by atoms with Crippen molar-refractivity contribution < 1.29 is 9.59 Å². The van der Waals surface area contributed by atoms with Crippen LogP contribution in [0.1, 0.15) is 31.7 Å². The summed E-state index contributed by atoms with van der Waals surface area (Å²) in [6.07, 6.45) is 2.30. The zero-order chi connectivity index (χ0) is 17.4. The van der Waals surface area contributed by atoms with E-state index in [1.54, 1.807) is 18.9 Å². The lowest BCUT2D eigenvalue weighted by atomic mass is 9.72. The van der Waals surface area contributed by atoms with E-state index in [1.807, 2.05) is 23.1 Å². The molecule has 130 valence electrons. The van der Waals surface area contributed by atoms with Crippen LogP contribution in [0.3, 0.4) is 0 Å². The van der Waals surface area contributed by atoms with Crippen LogP contribution in [0.4, 0.5) is 0 Å². The zero-order valence-corrected chi connectivity index (χ0v) is 14.6. The number of benzene rings is 1. The van der Waals surface area contributed by atoms with Crippen molar-refractivity contribution in [2.75, 3.05) is 33.2 Å². The van der Waals surface area contributed by atoms with Gasteiger partial charge in [0.15, 0.2) is 0 Å². The summed E-state index contributed by atoms with van der Waals surface area (Å²) >= 11 is 0. The Morgan fingerprint density at radius 2 is 1.75 bits per heavy atom. The van der Waals surface area contributed by atoms with Gasteiger partial charge in [0.05, 0.1) is 0 Å². The first-order chi connectivity index (χ1) is 11.4. The predicted molar refractivity (Wildman–Crippen MR) is 93.3 cm³/mol. The summed E-state index contributed by atoms with van der Waals surface area (Å²) in [7, 11) is 1.77. The number of nitrogens with zero attached hydrogens (tertiary/aromatic N) is 2. The quantitative estimate of drug-likeness (QED) is 0.852. The smallest absolute Gasteiger partial charge is 0.238 e. The Balaban J connectivity index is 1.73. The lowest BCUT2D eigenvalue weighted by Crippen LogP contribution is -2.53. The second kappa shape index (κ2) is 6.20. The Morgan fingerprint density at radius 3 is 2.25 bits per heavy atom. The van der Waals surface area contributed by atoms with Crippen LogP contribution in [0.25, 0.3) is 0 Å². The van der Waals surface area contributed by atoms with E-state index in [0.717, 1.165) is 12.8 Å². The van der Waals surface area contributed by atoms with E-state index in [4.69, 9.17) is 5.73 Å². The van der Waals surface area contributed by atoms with Gasteiger partial charge in [0.2, 0.25) is 11.8 Å². The molecule has 5 heteroatoms. The van der Waals surface area contributed by atoms with Gasteiger partial charge in [-0.25, -0.2) is 0 Å². The van der Waals surface area contributed by atoms with E-state index < -0.39 is 5.41 Å². The van der Waals surface area contributed by atoms with E-state index >= 15 is 0 Å². The average molecular weight is 329 g/mol. The Morgan fingerprint density at radius 1 is 1.12 bits per heavy atom. The van der Waals surface area contributed by atoms with Gasteiger partial charge in [-0.1, -0.05) is 30.3 Å². The van der Waals surface area contributed by atoms with E-state index in [9.17, 15) is 9.59 Å². The molecule has 2 heterocycles. The number of rotatable bonds is 3. The molecule has 0 bridgehead atoms. The number of nitrogens with two attached hydrogens (primary N) is 1. The van der Waals surface area contributed by atoms with Gasteiger partial charge in [-0.3, -0.25) is 9.59 Å². The minimum Gasteiger partial charge on any atom is -0.345 e. The van der Waals surface area contributed by atoms with Gasteiger partial charge in [-0.05, 0) is 31.7 Å². The summed E-state index contributed by atoms with van der Waals surface area (Å²) in [5, 5.41) is 0. The molecule has 1 aromatic rings. The number of likely N-dealkylation sites (tertiary alicyclic amines) is 2. The molecule has 24 heavy (non-hydrogen) atoms. The highest BCUT2D eigenvalue weighted by Crippen LogP contribution is 2.38. The minimum atomic E-state index is -0.885. The van der Waals surface area contributed by atoms with Gasteiger partial charge in [-0.2, -0.15) is 0 Å². The third-order valence-corrected chi connectivity index (χ3v) is 6.02. The van der Waals surface area contributed by atoms with E-state index in [1.165, 1.54) is 5.56 Å². The summed E-state index contributed by atoms with van der Waals surface area (Å²) < 4.78 is 0. The van der Waals surface area contributed by atoms with Gasteiger partial charge >= 0.3 is 0 Å². The molecule has 2 fully saturated rings. The first-order valence-electron chi connectivity index (χ1n) is 8.73. The summed E-state index contributed by atoms with van der Waals surface area (Å²) in [6.45, 7) is 4.36. The Hall–Kier alpha value is -1.88. The molecule has 2 amide bonds. The van der Waals surface area contributed by atoms with E-state index in [0.29, 0.717) is 32.6 Å². The van der Waals surface area contributed by atoms with Crippen LogP contribution in [-0.2, 0) is 15.0 Å². The molecule has 1 aromatic carbocycles. The van der Waals surface area contributed by atoms with Crippen molar-refractivity contribution in [3.05, 3.63) is 35.9 Å². The SMILES string of the molecule is CN1CCC(C)(C(=O)N2CCC(CN)(c3ccccc3)CC2)C1=O. The first-order valence-corrected chi connectivity index (χ1v) is 8.73. The molecular formula is C19H27N3O2. The fraction of sp³-hybridized carbons (Fsp3) is 0.579. The monoisotopic (exact) mass is 329 g/mol. The lowest BCUT2D eigenvalue weighted by molar-refractivity contribution is -0.151. The highest BCUT2D eigenvalue weighted by molar-refractivity contribution is 6.05. The summed E-state index contributed by atoms with van der Waals surface area (Å²) in [5.41, 5.74) is 6.42. The topological polar surface area (TPSA) is 66.6 Å². The first kappa shape index (κ1) is 17.0. The van der Waals surface area contributed by atoms with Gasteiger partial charge in [0.25, 0.3) is 0 Å². The van der Waals surface area contributed by atoms with Crippen molar-refractivity contribution in [2.45, 2.75) is 31.6 Å². The molecule has 2 saturated heterocycles. The Kier molecular flexibility index (Phi) is 4.38. The molecule has 2 N–H and O–H groups in total. The molecule has 0 aliphatic carbocycles. The van der Waals surface area contributed by atoms with Crippen molar-refractivity contribution in [2.24, 2.45) is 11.1 Å². The van der Waals surface area contributed by atoms with Crippen LogP contribution in [0.5, 0.6) is 0 Å². The van der Waals surface area contributed by atoms with Crippen LogP contribution in [-0.4, -0.2) is 54.8 Å². The highest BCUT2D eigenvalue weighted by atomic mass is 16.2. The van der Waals surface area contributed by atoms with E-state index in [-0.39, 0.29) is 17.2 Å². The van der Waals surface area contributed by atoms with Crippen molar-refractivity contribution >= 4 is 11.8 Å². The molecule has 1 unspecified atom stereocenters. The maximum atomic E-state index is 13.0. The molecule has 0 saturated carbocycles. The van der Waals surface area contributed by atoms with Crippen LogP contribution in [0.2, 0.25) is 0 Å². The van der Waals surface area contributed by atoms with Crippen molar-refractivity contribution in [3.8, 4) is 0 Å². The average Bonchev–Trinajstić information content (AvgIpc) is 2.90. The number of carbonyl (C=O) groups is 2. The Labute approximate surface area is 143 Å². The molecule has 2 aliphatic rings. The van der Waals surface area contributed by atoms with Gasteiger partial charge in [0, 0.05) is 38.6 Å². The maximum absolute atomic E-state index is 13.0. The lowest BCUT2D eigenvalue weighted by Gasteiger charge is -2.43. The molecule has 0 radical (unpaired) electrons. The van der Waals surface area contributed by atoms with Crippen molar-refractivity contribution in [1.29, 1.82) is 0 Å². The number of carbonyl (C=O) groups excluding carboxylic acids is 2. The van der Waals surface area contributed by atoms with Gasteiger partial charge in [-0.15, -0.1) is 0 Å². The van der Waals surface area contributed by atoms with E-state index in [2.05, 4.69) is 12.1 Å². The van der Waals surface area contributed by atoms with Crippen molar-refractivity contribution in [3.63, 3.8) is 0 Å². The molecule has 2 aliphatic heterocycles. The molecule has 5 nitrogen and oxygen atoms in total. The number of hydrogen-bond acceptors (Lipinski definition) is 3. The number of piperidine rings is 1. The highest BCUT2D eigenvalue weighted by Gasteiger charge is 2.50. The van der Waals surface area contributed by atoms with Crippen LogP contribution < -0.4 is 5.73 Å². The van der Waals surface area contributed by atoms with Crippen LogP contribution in [0.15, 0.2) is 30.3 Å². The zero-order valence-electron chi connectivity index (χ0n) is 14.6. The fourth-order valence-electron chi connectivity index (χ4n) is 4.11. The van der Waals surface area contributed by atoms with Crippen LogP contribution in [0, 0.1) is 5.41 Å². The minimum absolute atomic E-state index is 0.0180. The summed E-state index contributed by atoms with van der Waals surface area (Å²) in [5.74, 6) is -0.0678. The third-order valence-electron chi connectivity index (χ3n) is 6.02. The summed E-state index contributed by atoms with van der Waals surface area (Å²) in [6, 6.07) is 10.3. The summed E-state index contributed by atoms with van der Waals surface area (Å²) in [4.78, 5) is 28.9. The van der Waals surface area contributed by atoms with Crippen molar-refractivity contribution in [1.82, 2.24) is 9.80 Å².